The molecule has 0 aromatic carbocycles. The second-order valence-corrected chi connectivity index (χ2v) is 4.92. The molecule has 0 radical (unpaired) electrons. The van der Waals surface area contributed by atoms with E-state index < -0.39 is 0 Å². The van der Waals surface area contributed by atoms with Crippen LogP contribution in [0.5, 0.6) is 5.75 Å². The van der Waals surface area contributed by atoms with Gasteiger partial charge in [-0.1, -0.05) is 23.2 Å². The summed E-state index contributed by atoms with van der Waals surface area (Å²) in [6.07, 6.45) is 11.2. The first-order valence-corrected chi connectivity index (χ1v) is 7.17. The number of methoxy groups -OCH3 is 1. The van der Waals surface area contributed by atoms with E-state index in [1.807, 2.05) is 0 Å². The Balaban J connectivity index is 1.94. The molecule has 3 rings (SSSR count). The fourth-order valence-corrected chi connectivity index (χ4v) is 2.22. The van der Waals surface area contributed by atoms with Crippen LogP contribution < -0.4 is 4.74 Å². The Morgan fingerprint density at radius 2 is 1.74 bits per heavy atom. The predicted octanol–water partition coefficient (Wildman–Crippen LogP) is 3.41. The number of rotatable bonds is 4. The van der Waals surface area contributed by atoms with Crippen LogP contribution in [0, 0.1) is 6.08 Å². The monoisotopic (exact) mass is 347 g/mol. The molecule has 0 fully saturated rings. The number of hydrogen-bond donors (Lipinski definition) is 0. The highest BCUT2D eigenvalue weighted by Crippen LogP contribution is 2.34. The van der Waals surface area contributed by atoms with Crippen molar-refractivity contribution < 1.29 is 9.47 Å². The average Bonchev–Trinajstić information content (AvgIpc) is 2.59. The van der Waals surface area contributed by atoms with Crippen molar-refractivity contribution in [3.8, 4) is 17.4 Å². The van der Waals surface area contributed by atoms with Crippen LogP contribution in [0.4, 0.5) is 0 Å². The molecular weight excluding hydrogens is 339 g/mol. The standard InChI is InChI=1S/C15H9Cl2N4O2/c1-22-9-5-2-3-6-10(9)23-11-12(16)20-15(21-13(11)17)14-18-7-4-8-19-14/h2-4,6-8H,1H3/q+1. The molecule has 6 nitrogen and oxygen atoms in total. The van der Waals surface area contributed by atoms with Crippen LogP contribution in [-0.2, 0) is 4.74 Å². The van der Waals surface area contributed by atoms with E-state index in [0.29, 0.717) is 17.3 Å². The second-order valence-electron chi connectivity index (χ2n) is 4.20. The normalized spacial score (nSPS) is 13.0. The topological polar surface area (TPSA) is 70.0 Å². The zero-order valence-corrected chi connectivity index (χ0v) is 13.3. The third kappa shape index (κ3) is 3.29. The molecule has 0 N–H and O–H groups in total. The van der Waals surface area contributed by atoms with E-state index in [4.69, 9.17) is 32.7 Å². The minimum atomic E-state index is 0.0401. The minimum Gasteiger partial charge on any atom is -0.466 e. The van der Waals surface area contributed by atoms with Gasteiger partial charge in [0.25, 0.3) is 5.76 Å². The second kappa shape index (κ2) is 6.71. The van der Waals surface area contributed by atoms with Gasteiger partial charge < -0.3 is 9.47 Å². The minimum absolute atomic E-state index is 0.0401. The zero-order chi connectivity index (χ0) is 16.2. The highest BCUT2D eigenvalue weighted by molar-refractivity contribution is 6.35. The summed E-state index contributed by atoms with van der Waals surface area (Å²) in [5.74, 6) is 1.44. The van der Waals surface area contributed by atoms with Crippen LogP contribution in [0.3, 0.4) is 0 Å². The van der Waals surface area contributed by atoms with Gasteiger partial charge in [-0.3, -0.25) is 0 Å². The van der Waals surface area contributed by atoms with E-state index in [9.17, 15) is 0 Å². The maximum atomic E-state index is 6.16. The van der Waals surface area contributed by atoms with E-state index in [-0.39, 0.29) is 21.9 Å². The average molecular weight is 348 g/mol. The summed E-state index contributed by atoms with van der Waals surface area (Å²) in [5, 5.41) is 0.0803. The number of aromatic nitrogens is 4. The summed E-state index contributed by atoms with van der Waals surface area (Å²) in [7, 11) is 1.51. The van der Waals surface area contributed by atoms with Crippen LogP contribution in [0.15, 0.2) is 48.2 Å². The van der Waals surface area contributed by atoms with E-state index >= 15 is 0 Å². The van der Waals surface area contributed by atoms with Gasteiger partial charge in [-0.2, -0.15) is 0 Å². The van der Waals surface area contributed by atoms with E-state index in [0.717, 1.165) is 0 Å². The molecule has 23 heavy (non-hydrogen) atoms. The van der Waals surface area contributed by atoms with Crippen molar-refractivity contribution in [3.63, 3.8) is 0 Å². The van der Waals surface area contributed by atoms with Crippen LogP contribution >= 0.6 is 23.2 Å². The first kappa shape index (κ1) is 15.4. The summed E-state index contributed by atoms with van der Waals surface area (Å²) >= 11 is 12.3. The SMILES string of the molecule is COC1=[C+]C=CC=C1Oc1c(Cl)nc(-c2ncccn2)nc1Cl. The lowest BCUT2D eigenvalue weighted by Gasteiger charge is -2.09. The van der Waals surface area contributed by atoms with Gasteiger partial charge in [0.2, 0.25) is 11.6 Å². The van der Waals surface area contributed by atoms with Crippen LogP contribution in [0.1, 0.15) is 0 Å². The molecule has 2 heterocycles. The zero-order valence-electron chi connectivity index (χ0n) is 11.8. The molecule has 2 aromatic heterocycles. The molecule has 1 aliphatic rings. The third-order valence-corrected chi connectivity index (χ3v) is 3.26. The molecule has 0 saturated heterocycles. The molecule has 114 valence electrons. The highest BCUT2D eigenvalue weighted by Gasteiger charge is 2.24. The molecule has 0 amide bonds. The van der Waals surface area contributed by atoms with Gasteiger partial charge in [0, 0.05) is 12.4 Å². The quantitative estimate of drug-likeness (QED) is 0.623. The Hall–Kier alpha value is -2.53. The number of nitrogens with zero attached hydrogens (tertiary/aromatic N) is 4. The summed E-state index contributed by atoms with van der Waals surface area (Å²) in [6.45, 7) is 0. The number of allylic oxidation sites excluding steroid dienone is 4. The first-order chi connectivity index (χ1) is 11.2. The number of halogens is 2. The van der Waals surface area contributed by atoms with Crippen molar-refractivity contribution >= 4 is 23.2 Å². The molecule has 8 heteroatoms. The lowest BCUT2D eigenvalue weighted by Crippen LogP contribution is -2.06. The van der Waals surface area contributed by atoms with Crippen molar-refractivity contribution in [1.29, 1.82) is 0 Å². The van der Waals surface area contributed by atoms with Crippen LogP contribution in [0.25, 0.3) is 11.6 Å². The van der Waals surface area contributed by atoms with Gasteiger partial charge in [0.05, 0.1) is 25.3 Å². The Bertz CT molecular complexity index is 796. The van der Waals surface area contributed by atoms with Crippen molar-refractivity contribution in [1.82, 2.24) is 19.9 Å². The molecular formula is C15H9Cl2N4O2+. The molecule has 0 aliphatic heterocycles. The Kier molecular flexibility index (Phi) is 4.48. The van der Waals surface area contributed by atoms with E-state index in [1.165, 1.54) is 7.11 Å². The van der Waals surface area contributed by atoms with Crippen LogP contribution in [-0.4, -0.2) is 27.0 Å². The first-order valence-electron chi connectivity index (χ1n) is 6.42. The molecule has 0 atom stereocenters. The highest BCUT2D eigenvalue weighted by atomic mass is 35.5. The smallest absolute Gasteiger partial charge is 0.334 e. The lowest BCUT2D eigenvalue weighted by atomic mass is 10.2. The van der Waals surface area contributed by atoms with Gasteiger partial charge in [-0.25, -0.2) is 19.9 Å². The van der Waals surface area contributed by atoms with Crippen molar-refractivity contribution in [3.05, 3.63) is 64.6 Å². The Labute approximate surface area is 142 Å². The third-order valence-electron chi connectivity index (χ3n) is 2.75. The molecule has 0 bridgehead atoms. The van der Waals surface area contributed by atoms with E-state index in [2.05, 4.69) is 26.0 Å². The Morgan fingerprint density at radius 3 is 2.39 bits per heavy atom. The van der Waals surface area contributed by atoms with Gasteiger partial charge in [0.1, 0.15) is 6.08 Å². The van der Waals surface area contributed by atoms with Gasteiger partial charge in [0.15, 0.2) is 16.1 Å². The molecule has 0 spiro atoms. The molecule has 0 saturated carbocycles. The molecule has 1 aliphatic carbocycles. The lowest BCUT2D eigenvalue weighted by molar-refractivity contribution is 0.260. The summed E-state index contributed by atoms with van der Waals surface area (Å²) in [6, 6.07) is 1.68. The fourth-order valence-electron chi connectivity index (χ4n) is 1.75. The van der Waals surface area contributed by atoms with Gasteiger partial charge >= 0.3 is 5.76 Å². The maximum Gasteiger partial charge on any atom is 0.334 e. The molecule has 0 unspecified atom stereocenters. The fraction of sp³-hybridized carbons (Fsp3) is 0.0667. The van der Waals surface area contributed by atoms with Crippen molar-refractivity contribution in [2.45, 2.75) is 0 Å². The van der Waals surface area contributed by atoms with Gasteiger partial charge in [-0.15, -0.1) is 0 Å². The maximum absolute atomic E-state index is 6.16. The molecule has 2 aromatic rings. The summed E-state index contributed by atoms with van der Waals surface area (Å²) in [4.78, 5) is 16.4. The predicted molar refractivity (Wildman–Crippen MR) is 84.7 cm³/mol. The summed E-state index contributed by atoms with van der Waals surface area (Å²) in [5.41, 5.74) is 0. The summed E-state index contributed by atoms with van der Waals surface area (Å²) < 4.78 is 10.8. The van der Waals surface area contributed by atoms with Crippen molar-refractivity contribution in [2.75, 3.05) is 7.11 Å². The number of hydrogen-bond acceptors (Lipinski definition) is 6. The van der Waals surface area contributed by atoms with E-state index in [1.54, 1.807) is 36.7 Å². The number of ether oxygens (including phenoxy) is 2. The largest absolute Gasteiger partial charge is 0.466 e. The van der Waals surface area contributed by atoms with Gasteiger partial charge in [-0.05, 0) is 6.07 Å². The van der Waals surface area contributed by atoms with Crippen LogP contribution in [0.2, 0.25) is 10.3 Å². The van der Waals surface area contributed by atoms with Crippen molar-refractivity contribution in [2.24, 2.45) is 0 Å². The Morgan fingerprint density at radius 1 is 1.04 bits per heavy atom.